The number of hydrogen-bond donors (Lipinski definition) is 1. The zero-order chi connectivity index (χ0) is 25.4. The van der Waals surface area contributed by atoms with Crippen molar-refractivity contribution in [1.29, 1.82) is 0 Å². The maximum atomic E-state index is 13.4. The molecule has 3 aromatic heterocycles. The van der Waals surface area contributed by atoms with Crippen molar-refractivity contribution in [2.45, 2.75) is 68.7 Å². The molecule has 2 aliphatic carbocycles. The first kappa shape index (κ1) is 23.6. The molecule has 11 heteroatoms. The van der Waals surface area contributed by atoms with Gasteiger partial charge in [0.25, 0.3) is 10.0 Å². The molecule has 0 spiro atoms. The Kier molecular flexibility index (Phi) is 5.33. The number of aryl methyl sites for hydroxylation is 2. The zero-order valence-electron chi connectivity index (χ0n) is 20.4. The Bertz CT molecular complexity index is 1700. The average molecular weight is 528 g/mol. The summed E-state index contributed by atoms with van der Waals surface area (Å²) in [6, 6.07) is 8.44. The van der Waals surface area contributed by atoms with Gasteiger partial charge in [-0.05, 0) is 63.6 Å². The highest BCUT2D eigenvalue weighted by atomic mass is 32.2. The van der Waals surface area contributed by atoms with E-state index in [1.165, 1.54) is 3.97 Å². The van der Waals surface area contributed by atoms with E-state index in [4.69, 9.17) is 4.98 Å². The number of benzene rings is 1. The Morgan fingerprint density at radius 3 is 2.42 bits per heavy atom. The van der Waals surface area contributed by atoms with Gasteiger partial charge in [-0.3, -0.25) is 0 Å². The van der Waals surface area contributed by atoms with E-state index in [-0.39, 0.29) is 28.1 Å². The fraction of sp³-hybridized carbons (Fsp3) is 0.440. The van der Waals surface area contributed by atoms with Crippen molar-refractivity contribution in [2.24, 2.45) is 5.92 Å². The summed E-state index contributed by atoms with van der Waals surface area (Å²) in [5.41, 5.74) is 2.85. The highest BCUT2D eigenvalue weighted by Crippen LogP contribution is 2.41. The predicted molar refractivity (Wildman–Crippen MR) is 138 cm³/mol. The Morgan fingerprint density at radius 2 is 1.72 bits per heavy atom. The maximum Gasteiger partial charge on any atom is 0.269 e. The van der Waals surface area contributed by atoms with Crippen LogP contribution >= 0.6 is 0 Å². The van der Waals surface area contributed by atoms with Crippen molar-refractivity contribution in [1.82, 2.24) is 23.2 Å². The summed E-state index contributed by atoms with van der Waals surface area (Å²) >= 11 is 0. The SMILES string of the molecule is Cc1ccc(S(=O)(=O)n2ccc3c2ncc2nc(C)n([C@H]4C[C@@H](NS(=O)(=O)C5CC5)C[C@H]4C)c23)cc1. The molecule has 2 fully saturated rings. The van der Waals surface area contributed by atoms with Gasteiger partial charge >= 0.3 is 0 Å². The van der Waals surface area contributed by atoms with Crippen LogP contribution in [0.5, 0.6) is 0 Å². The number of rotatable bonds is 6. The Hall–Kier alpha value is -2.76. The summed E-state index contributed by atoms with van der Waals surface area (Å²) in [5, 5.41) is 0.460. The molecule has 0 saturated heterocycles. The second kappa shape index (κ2) is 8.12. The standard InChI is InChI=1S/C25H29N5O4S2/c1-15-4-6-20(7-5-15)36(33,34)29-11-10-21-24-22(14-26-25(21)29)27-17(3)30(24)23-13-18(12-16(23)2)28-35(31,32)19-8-9-19/h4-7,10-11,14,16,18-19,23,28H,8-9,12-13H2,1-3H3/t16-,18+,23+/m1/s1. The Balaban J connectivity index is 1.42. The van der Waals surface area contributed by atoms with Gasteiger partial charge in [0, 0.05) is 23.7 Å². The van der Waals surface area contributed by atoms with Crippen molar-refractivity contribution in [2.75, 3.05) is 0 Å². The first-order chi connectivity index (χ1) is 17.1. The van der Waals surface area contributed by atoms with Crippen LogP contribution in [0, 0.1) is 19.8 Å². The number of pyridine rings is 1. The van der Waals surface area contributed by atoms with Gasteiger partial charge in [-0.1, -0.05) is 24.6 Å². The molecular weight excluding hydrogens is 498 g/mol. The van der Waals surface area contributed by atoms with Gasteiger partial charge in [-0.2, -0.15) is 0 Å². The van der Waals surface area contributed by atoms with Crippen LogP contribution in [0.25, 0.3) is 22.1 Å². The molecule has 1 N–H and O–H groups in total. The van der Waals surface area contributed by atoms with Crippen molar-refractivity contribution >= 4 is 42.1 Å². The second-order valence-corrected chi connectivity index (χ2v) is 14.1. The largest absolute Gasteiger partial charge is 0.324 e. The van der Waals surface area contributed by atoms with Crippen molar-refractivity contribution in [3.63, 3.8) is 0 Å². The van der Waals surface area contributed by atoms with Gasteiger partial charge in [0.1, 0.15) is 11.3 Å². The summed E-state index contributed by atoms with van der Waals surface area (Å²) in [6.07, 6.45) is 6.04. The van der Waals surface area contributed by atoms with Crippen LogP contribution in [0.4, 0.5) is 0 Å². The highest BCUT2D eigenvalue weighted by Gasteiger charge is 2.41. The van der Waals surface area contributed by atoms with Gasteiger partial charge in [-0.25, -0.2) is 35.5 Å². The quantitative estimate of drug-likeness (QED) is 0.409. The van der Waals surface area contributed by atoms with Gasteiger partial charge in [-0.15, -0.1) is 0 Å². The molecular formula is C25H29N5O4S2. The van der Waals surface area contributed by atoms with Gasteiger partial charge in [0.15, 0.2) is 5.65 Å². The molecule has 3 atom stereocenters. The number of nitrogens with one attached hydrogen (secondary N) is 1. The number of fused-ring (bicyclic) bond motifs is 3. The second-order valence-electron chi connectivity index (χ2n) is 10.3. The Labute approximate surface area is 210 Å². The van der Waals surface area contributed by atoms with E-state index in [1.807, 2.05) is 13.8 Å². The normalized spacial score (nSPS) is 23.1. The minimum atomic E-state index is -3.83. The van der Waals surface area contributed by atoms with Crippen LogP contribution in [0.3, 0.4) is 0 Å². The monoisotopic (exact) mass is 527 g/mol. The number of imidazole rings is 1. The van der Waals surface area contributed by atoms with Crippen LogP contribution in [0.2, 0.25) is 0 Å². The number of sulfonamides is 1. The molecule has 2 aliphatic rings. The van der Waals surface area contributed by atoms with E-state index in [0.29, 0.717) is 23.0 Å². The van der Waals surface area contributed by atoms with Crippen molar-refractivity contribution in [3.8, 4) is 0 Å². The number of aromatic nitrogens is 4. The summed E-state index contributed by atoms with van der Waals surface area (Å²) in [4.78, 5) is 9.41. The van der Waals surface area contributed by atoms with Gasteiger partial charge < -0.3 is 4.57 Å². The van der Waals surface area contributed by atoms with Crippen molar-refractivity contribution in [3.05, 3.63) is 54.1 Å². The average Bonchev–Trinajstić information content (AvgIpc) is 3.39. The molecule has 0 aliphatic heterocycles. The van der Waals surface area contributed by atoms with E-state index in [0.717, 1.165) is 36.2 Å². The maximum absolute atomic E-state index is 13.4. The molecule has 0 radical (unpaired) electrons. The summed E-state index contributed by atoms with van der Waals surface area (Å²) in [5.74, 6) is 1.02. The summed E-state index contributed by atoms with van der Waals surface area (Å²) in [6.45, 7) is 5.97. The molecule has 6 rings (SSSR count). The first-order valence-electron chi connectivity index (χ1n) is 12.2. The van der Waals surface area contributed by atoms with E-state index in [9.17, 15) is 16.8 Å². The molecule has 0 amide bonds. The topological polar surface area (TPSA) is 116 Å². The fourth-order valence-corrected chi connectivity index (χ4v) is 8.48. The van der Waals surface area contributed by atoms with Crippen LogP contribution in [-0.2, 0) is 20.0 Å². The third-order valence-corrected chi connectivity index (χ3v) is 11.2. The van der Waals surface area contributed by atoms with Crippen LogP contribution in [0.1, 0.15) is 50.0 Å². The minimum Gasteiger partial charge on any atom is -0.324 e. The van der Waals surface area contributed by atoms with Crippen LogP contribution < -0.4 is 4.72 Å². The lowest BCUT2D eigenvalue weighted by Gasteiger charge is -2.20. The fourth-order valence-electron chi connectivity index (χ4n) is 5.58. The number of nitrogens with zero attached hydrogens (tertiary/aromatic N) is 4. The molecule has 190 valence electrons. The summed E-state index contributed by atoms with van der Waals surface area (Å²) in [7, 11) is -7.10. The lowest BCUT2D eigenvalue weighted by atomic mass is 10.1. The van der Waals surface area contributed by atoms with E-state index >= 15 is 0 Å². The van der Waals surface area contributed by atoms with Crippen molar-refractivity contribution < 1.29 is 16.8 Å². The minimum absolute atomic E-state index is 0.0320. The lowest BCUT2D eigenvalue weighted by Crippen LogP contribution is -2.35. The predicted octanol–water partition coefficient (Wildman–Crippen LogP) is 3.66. The molecule has 9 nitrogen and oxygen atoms in total. The molecule has 4 aromatic rings. The Morgan fingerprint density at radius 1 is 1.00 bits per heavy atom. The zero-order valence-corrected chi connectivity index (χ0v) is 22.1. The van der Waals surface area contributed by atoms with Crippen LogP contribution in [-0.4, -0.2) is 46.6 Å². The van der Waals surface area contributed by atoms with E-state index < -0.39 is 20.0 Å². The molecule has 2 saturated carbocycles. The van der Waals surface area contributed by atoms with Gasteiger partial charge in [0.2, 0.25) is 10.0 Å². The third kappa shape index (κ3) is 3.75. The smallest absolute Gasteiger partial charge is 0.269 e. The molecule has 0 unspecified atom stereocenters. The lowest BCUT2D eigenvalue weighted by molar-refractivity contribution is 0.410. The summed E-state index contributed by atoms with van der Waals surface area (Å²) < 4.78 is 58.2. The molecule has 36 heavy (non-hydrogen) atoms. The highest BCUT2D eigenvalue weighted by molar-refractivity contribution is 7.90. The molecule has 0 bridgehead atoms. The molecule has 3 heterocycles. The number of hydrogen-bond acceptors (Lipinski definition) is 6. The van der Waals surface area contributed by atoms with Gasteiger partial charge in [0.05, 0.1) is 21.9 Å². The van der Waals surface area contributed by atoms with E-state index in [1.54, 1.807) is 42.7 Å². The third-order valence-electron chi connectivity index (χ3n) is 7.55. The van der Waals surface area contributed by atoms with E-state index in [2.05, 4.69) is 21.2 Å². The first-order valence-corrected chi connectivity index (χ1v) is 15.2. The van der Waals surface area contributed by atoms with Crippen LogP contribution in [0.15, 0.2) is 47.6 Å². The molecule has 1 aromatic carbocycles.